The smallest absolute Gasteiger partial charge is 0.254 e. The number of carbonyl (C=O) groups excluding carboxylic acids is 1. The van der Waals surface area contributed by atoms with Crippen molar-refractivity contribution >= 4 is 17.5 Å². The minimum absolute atomic E-state index is 0.187. The molecule has 25 heavy (non-hydrogen) atoms. The van der Waals surface area contributed by atoms with Gasteiger partial charge in [0.2, 0.25) is 0 Å². The van der Waals surface area contributed by atoms with E-state index in [0.717, 1.165) is 17.0 Å². The highest BCUT2D eigenvalue weighted by molar-refractivity contribution is 6.32. The maximum Gasteiger partial charge on any atom is 0.254 e. The second-order valence-electron chi connectivity index (χ2n) is 5.28. The van der Waals surface area contributed by atoms with Crippen LogP contribution in [0, 0.1) is 0 Å². The highest BCUT2D eigenvalue weighted by Gasteiger charge is 2.10. The van der Waals surface area contributed by atoms with Crippen LogP contribution in [0.15, 0.2) is 67.0 Å². The fraction of sp³-hybridized carbons (Fsp3) is 0.105. The van der Waals surface area contributed by atoms with Gasteiger partial charge in [0.25, 0.3) is 5.91 Å². The second-order valence-corrected chi connectivity index (χ2v) is 5.64. The van der Waals surface area contributed by atoms with Crippen LogP contribution in [0.25, 0.3) is 0 Å². The van der Waals surface area contributed by atoms with Crippen molar-refractivity contribution in [3.63, 3.8) is 0 Å². The number of amides is 1. The number of halogens is 1. The van der Waals surface area contributed by atoms with Gasteiger partial charge in [0.05, 0.1) is 11.3 Å². The first-order chi connectivity index (χ1) is 12.2. The number of hydrogen-bond donors (Lipinski definition) is 1. The fourth-order valence-electron chi connectivity index (χ4n) is 2.22. The predicted molar refractivity (Wildman–Crippen MR) is 95.4 cm³/mol. The van der Waals surface area contributed by atoms with E-state index in [2.05, 4.69) is 15.3 Å². The number of nitrogens with one attached hydrogen (secondary N) is 1. The molecule has 3 aromatic rings. The predicted octanol–water partition coefficient (Wildman–Crippen LogP) is 3.64. The van der Waals surface area contributed by atoms with Gasteiger partial charge in [-0.2, -0.15) is 0 Å². The monoisotopic (exact) mass is 353 g/mol. The Labute approximate surface area is 150 Å². The molecule has 0 aliphatic rings. The molecule has 0 atom stereocenters. The minimum Gasteiger partial charge on any atom is -0.487 e. The van der Waals surface area contributed by atoms with Gasteiger partial charge in [-0.15, -0.1) is 0 Å². The summed E-state index contributed by atoms with van der Waals surface area (Å²) >= 11 is 5.93. The quantitative estimate of drug-likeness (QED) is 0.687. The summed E-state index contributed by atoms with van der Waals surface area (Å²) in [7, 11) is 0. The first-order valence-corrected chi connectivity index (χ1v) is 8.10. The van der Waals surface area contributed by atoms with Gasteiger partial charge in [-0.1, -0.05) is 29.8 Å². The van der Waals surface area contributed by atoms with E-state index >= 15 is 0 Å². The Balaban J connectivity index is 1.58. The SMILES string of the molecule is O=C(NCc1cccc(OCc2ccccn2)c1)c1cccnc1Cl. The van der Waals surface area contributed by atoms with Gasteiger partial charge in [-0.3, -0.25) is 9.78 Å². The molecular weight excluding hydrogens is 338 g/mol. The molecule has 0 fully saturated rings. The molecular formula is C19H16ClN3O2. The molecule has 0 bridgehead atoms. The van der Waals surface area contributed by atoms with Crippen molar-refractivity contribution < 1.29 is 9.53 Å². The standard InChI is InChI=1S/C19H16ClN3O2/c20-18-17(8-4-10-22-18)19(24)23-12-14-5-3-7-16(11-14)25-13-15-6-1-2-9-21-15/h1-11H,12-13H2,(H,23,24). The van der Waals surface area contributed by atoms with Gasteiger partial charge >= 0.3 is 0 Å². The van der Waals surface area contributed by atoms with E-state index in [-0.39, 0.29) is 11.1 Å². The summed E-state index contributed by atoms with van der Waals surface area (Å²) in [6.45, 7) is 0.757. The van der Waals surface area contributed by atoms with E-state index in [9.17, 15) is 4.79 Å². The van der Waals surface area contributed by atoms with Crippen molar-refractivity contribution in [3.8, 4) is 5.75 Å². The summed E-state index contributed by atoms with van der Waals surface area (Å²) in [5.74, 6) is 0.453. The van der Waals surface area contributed by atoms with Crippen LogP contribution >= 0.6 is 11.6 Å². The lowest BCUT2D eigenvalue weighted by Crippen LogP contribution is -2.23. The van der Waals surface area contributed by atoms with E-state index in [1.165, 1.54) is 0 Å². The third-order valence-electron chi connectivity index (χ3n) is 3.47. The second kappa shape index (κ2) is 8.26. The number of pyridine rings is 2. The number of carbonyl (C=O) groups is 1. The van der Waals surface area contributed by atoms with Crippen molar-refractivity contribution in [1.29, 1.82) is 0 Å². The van der Waals surface area contributed by atoms with Crippen LogP contribution in [-0.4, -0.2) is 15.9 Å². The Hall–Kier alpha value is -2.92. The van der Waals surface area contributed by atoms with Gasteiger partial charge in [-0.05, 0) is 42.0 Å². The van der Waals surface area contributed by atoms with Gasteiger partial charge in [-0.25, -0.2) is 4.98 Å². The average molecular weight is 354 g/mol. The van der Waals surface area contributed by atoms with Crippen LogP contribution in [0.2, 0.25) is 5.15 Å². The van der Waals surface area contributed by atoms with Crippen molar-refractivity contribution in [3.05, 3.63) is 89.0 Å². The normalized spacial score (nSPS) is 10.3. The average Bonchev–Trinajstić information content (AvgIpc) is 2.66. The van der Waals surface area contributed by atoms with Crippen molar-refractivity contribution in [2.45, 2.75) is 13.2 Å². The van der Waals surface area contributed by atoms with Gasteiger partial charge in [0.1, 0.15) is 17.5 Å². The summed E-state index contributed by atoms with van der Waals surface area (Å²) in [5, 5.41) is 3.01. The van der Waals surface area contributed by atoms with E-state index in [1.54, 1.807) is 24.5 Å². The Kier molecular flexibility index (Phi) is 5.59. The maximum absolute atomic E-state index is 12.2. The Bertz CT molecular complexity index is 856. The number of ether oxygens (including phenoxy) is 1. The summed E-state index contributed by atoms with van der Waals surface area (Å²) in [5.41, 5.74) is 2.13. The summed E-state index contributed by atoms with van der Waals surface area (Å²) in [4.78, 5) is 20.3. The van der Waals surface area contributed by atoms with Crippen LogP contribution in [0.3, 0.4) is 0 Å². The first-order valence-electron chi connectivity index (χ1n) is 7.73. The topological polar surface area (TPSA) is 64.1 Å². The van der Waals surface area contributed by atoms with Gasteiger partial charge in [0, 0.05) is 18.9 Å². The van der Waals surface area contributed by atoms with Crippen LogP contribution in [0.1, 0.15) is 21.6 Å². The molecule has 2 heterocycles. The Morgan fingerprint density at radius 3 is 2.72 bits per heavy atom. The Morgan fingerprint density at radius 1 is 1.04 bits per heavy atom. The molecule has 0 saturated heterocycles. The van der Waals surface area contributed by atoms with Crippen LogP contribution in [0.4, 0.5) is 0 Å². The van der Waals surface area contributed by atoms with Crippen molar-refractivity contribution in [2.75, 3.05) is 0 Å². The van der Waals surface area contributed by atoms with Gasteiger partial charge in [0.15, 0.2) is 0 Å². The molecule has 0 unspecified atom stereocenters. The lowest BCUT2D eigenvalue weighted by Gasteiger charge is -2.09. The summed E-state index contributed by atoms with van der Waals surface area (Å²) in [6.07, 6.45) is 3.27. The number of nitrogens with zero attached hydrogens (tertiary/aromatic N) is 2. The zero-order valence-electron chi connectivity index (χ0n) is 13.4. The van der Waals surface area contributed by atoms with E-state index < -0.39 is 0 Å². The maximum atomic E-state index is 12.2. The molecule has 3 rings (SSSR count). The molecule has 1 amide bonds. The minimum atomic E-state index is -0.266. The molecule has 2 aromatic heterocycles. The molecule has 1 N–H and O–H groups in total. The highest BCUT2D eigenvalue weighted by atomic mass is 35.5. The molecule has 0 saturated carbocycles. The third kappa shape index (κ3) is 4.78. The third-order valence-corrected chi connectivity index (χ3v) is 3.77. The van der Waals surface area contributed by atoms with Crippen LogP contribution in [-0.2, 0) is 13.2 Å². The molecule has 6 heteroatoms. The molecule has 5 nitrogen and oxygen atoms in total. The van der Waals surface area contributed by atoms with Crippen molar-refractivity contribution in [2.24, 2.45) is 0 Å². The molecule has 0 spiro atoms. The largest absolute Gasteiger partial charge is 0.487 e. The zero-order chi connectivity index (χ0) is 17.5. The number of rotatable bonds is 6. The lowest BCUT2D eigenvalue weighted by molar-refractivity contribution is 0.0950. The number of aromatic nitrogens is 2. The lowest BCUT2D eigenvalue weighted by atomic mass is 10.2. The fourth-order valence-corrected chi connectivity index (χ4v) is 2.42. The summed E-state index contributed by atoms with van der Waals surface area (Å²) in [6, 6.07) is 16.5. The molecule has 0 aliphatic heterocycles. The molecule has 0 aliphatic carbocycles. The number of hydrogen-bond acceptors (Lipinski definition) is 4. The van der Waals surface area contributed by atoms with Crippen molar-refractivity contribution in [1.82, 2.24) is 15.3 Å². The zero-order valence-corrected chi connectivity index (χ0v) is 14.1. The van der Waals surface area contributed by atoms with E-state index in [4.69, 9.17) is 16.3 Å². The van der Waals surface area contributed by atoms with E-state index in [1.807, 2.05) is 42.5 Å². The van der Waals surface area contributed by atoms with Gasteiger partial charge < -0.3 is 10.1 Å². The molecule has 126 valence electrons. The Morgan fingerprint density at radius 2 is 1.92 bits per heavy atom. The number of benzene rings is 1. The molecule has 0 radical (unpaired) electrons. The van der Waals surface area contributed by atoms with Crippen LogP contribution < -0.4 is 10.1 Å². The van der Waals surface area contributed by atoms with E-state index in [0.29, 0.717) is 18.7 Å². The highest BCUT2D eigenvalue weighted by Crippen LogP contribution is 2.15. The first kappa shape index (κ1) is 16.9. The van der Waals surface area contributed by atoms with Crippen LogP contribution in [0.5, 0.6) is 5.75 Å². The molecule has 1 aromatic carbocycles. The summed E-state index contributed by atoms with van der Waals surface area (Å²) < 4.78 is 5.74.